The maximum absolute atomic E-state index is 11.1. The number of ether oxygens (including phenoxy) is 2. The molecule has 0 amide bonds. The highest BCUT2D eigenvalue weighted by Gasteiger charge is 2.06. The van der Waals surface area contributed by atoms with Gasteiger partial charge in [-0.15, -0.1) is 0 Å². The lowest BCUT2D eigenvalue weighted by molar-refractivity contribution is 0.149. The Balaban J connectivity index is 2.62. The second-order valence-electron chi connectivity index (χ2n) is 2.38. The van der Waals surface area contributed by atoms with Crippen LogP contribution in [-0.4, -0.2) is 29.6 Å². The molecule has 0 unspecified atom stereocenters. The number of hydrogen-bond donors (Lipinski definition) is 0. The van der Waals surface area contributed by atoms with Crippen LogP contribution in [0.5, 0.6) is 0 Å². The summed E-state index contributed by atoms with van der Waals surface area (Å²) in [5, 5.41) is 3.94. The molecule has 5 nitrogen and oxygen atoms in total. The molecule has 0 aliphatic rings. The lowest BCUT2D eigenvalue weighted by atomic mass is 10.5. The van der Waals surface area contributed by atoms with Crippen molar-refractivity contribution >= 4 is 6.09 Å². The molecule has 0 saturated heterocycles. The summed E-state index contributed by atoms with van der Waals surface area (Å²) in [7, 11) is 1.57. The number of hydrogen-bond acceptors (Lipinski definition) is 4. The van der Waals surface area contributed by atoms with E-state index in [0.29, 0.717) is 18.9 Å². The van der Waals surface area contributed by atoms with Gasteiger partial charge in [-0.2, -0.15) is 9.78 Å². The Kier molecular flexibility index (Phi) is 3.45. The third-order valence-electron chi connectivity index (χ3n) is 1.39. The third-order valence-corrected chi connectivity index (χ3v) is 1.39. The molecule has 5 heteroatoms. The molecule has 1 aromatic heterocycles. The standard InChI is InChI=1S/C8H12N2O3/c1-3-13-8(11)10-5-4-7(9-10)6-12-2/h4-5H,3,6H2,1-2H3. The maximum Gasteiger partial charge on any atom is 0.434 e. The van der Waals surface area contributed by atoms with Crippen LogP contribution >= 0.6 is 0 Å². The summed E-state index contributed by atoms with van der Waals surface area (Å²) in [6.45, 7) is 2.49. The summed E-state index contributed by atoms with van der Waals surface area (Å²) in [4.78, 5) is 11.1. The molecule has 1 rings (SSSR count). The first-order valence-electron chi connectivity index (χ1n) is 3.98. The van der Waals surface area contributed by atoms with Gasteiger partial charge in [-0.1, -0.05) is 0 Å². The average molecular weight is 184 g/mol. The quantitative estimate of drug-likeness (QED) is 0.704. The van der Waals surface area contributed by atoms with E-state index in [2.05, 4.69) is 5.10 Å². The third kappa shape index (κ3) is 2.55. The molecule has 1 heterocycles. The lowest BCUT2D eigenvalue weighted by Crippen LogP contribution is -2.14. The van der Waals surface area contributed by atoms with Crippen LogP contribution in [-0.2, 0) is 16.1 Å². The van der Waals surface area contributed by atoms with Crippen LogP contribution in [0.2, 0.25) is 0 Å². The molecule has 1 aromatic rings. The molecule has 0 N–H and O–H groups in total. The molecule has 0 saturated carbocycles. The Labute approximate surface area is 76.3 Å². The predicted molar refractivity (Wildman–Crippen MR) is 45.4 cm³/mol. The highest BCUT2D eigenvalue weighted by molar-refractivity contribution is 5.69. The Morgan fingerprint density at radius 2 is 2.46 bits per heavy atom. The molecule has 0 spiro atoms. The van der Waals surface area contributed by atoms with Crippen LogP contribution < -0.4 is 0 Å². The fourth-order valence-corrected chi connectivity index (χ4v) is 0.878. The van der Waals surface area contributed by atoms with E-state index < -0.39 is 6.09 Å². The van der Waals surface area contributed by atoms with E-state index in [9.17, 15) is 4.79 Å². The minimum Gasteiger partial charge on any atom is -0.448 e. The molecule has 13 heavy (non-hydrogen) atoms. The first-order valence-corrected chi connectivity index (χ1v) is 3.98. The SMILES string of the molecule is CCOC(=O)n1ccc(COC)n1. The van der Waals surface area contributed by atoms with E-state index in [1.807, 2.05) is 0 Å². The van der Waals surface area contributed by atoms with E-state index >= 15 is 0 Å². The van der Waals surface area contributed by atoms with Crippen molar-refractivity contribution in [2.24, 2.45) is 0 Å². The maximum atomic E-state index is 11.1. The number of carbonyl (C=O) groups is 1. The molecule has 0 aromatic carbocycles. The van der Waals surface area contributed by atoms with Gasteiger partial charge in [-0.25, -0.2) is 4.79 Å². The van der Waals surface area contributed by atoms with E-state index in [0.717, 1.165) is 4.68 Å². The average Bonchev–Trinajstić information content (AvgIpc) is 2.54. The van der Waals surface area contributed by atoms with Gasteiger partial charge in [-0.05, 0) is 13.0 Å². The molecule has 0 bridgehead atoms. The highest BCUT2D eigenvalue weighted by atomic mass is 16.5. The van der Waals surface area contributed by atoms with E-state index in [4.69, 9.17) is 9.47 Å². The summed E-state index contributed by atoms with van der Waals surface area (Å²) < 4.78 is 10.7. The van der Waals surface area contributed by atoms with Gasteiger partial charge in [-0.3, -0.25) is 0 Å². The minimum atomic E-state index is -0.468. The van der Waals surface area contributed by atoms with Crippen molar-refractivity contribution in [2.75, 3.05) is 13.7 Å². The summed E-state index contributed by atoms with van der Waals surface area (Å²) in [6, 6.07) is 1.71. The number of methoxy groups -OCH3 is 1. The van der Waals surface area contributed by atoms with Crippen LogP contribution in [0.1, 0.15) is 12.6 Å². The topological polar surface area (TPSA) is 53.4 Å². The fourth-order valence-electron chi connectivity index (χ4n) is 0.878. The smallest absolute Gasteiger partial charge is 0.434 e. The van der Waals surface area contributed by atoms with Crippen molar-refractivity contribution in [1.29, 1.82) is 0 Å². The Morgan fingerprint density at radius 3 is 3.08 bits per heavy atom. The van der Waals surface area contributed by atoms with E-state index in [1.165, 1.54) is 0 Å². The largest absolute Gasteiger partial charge is 0.448 e. The van der Waals surface area contributed by atoms with E-state index in [-0.39, 0.29) is 0 Å². The summed E-state index contributed by atoms with van der Waals surface area (Å²) in [5.74, 6) is 0. The van der Waals surface area contributed by atoms with Gasteiger partial charge < -0.3 is 9.47 Å². The van der Waals surface area contributed by atoms with Crippen molar-refractivity contribution < 1.29 is 14.3 Å². The van der Waals surface area contributed by atoms with Crippen LogP contribution in [0.4, 0.5) is 4.79 Å². The van der Waals surface area contributed by atoms with Crippen molar-refractivity contribution in [1.82, 2.24) is 9.78 Å². The first-order chi connectivity index (χ1) is 6.27. The molecule has 72 valence electrons. The van der Waals surface area contributed by atoms with Gasteiger partial charge in [0.2, 0.25) is 0 Å². The van der Waals surface area contributed by atoms with E-state index in [1.54, 1.807) is 26.3 Å². The Bertz CT molecular complexity index is 283. The number of rotatable bonds is 3. The Hall–Kier alpha value is -1.36. The zero-order valence-electron chi connectivity index (χ0n) is 7.69. The molecule has 0 radical (unpaired) electrons. The number of nitrogens with zero attached hydrogens (tertiary/aromatic N) is 2. The molecule has 0 fully saturated rings. The van der Waals surface area contributed by atoms with Crippen molar-refractivity contribution in [2.45, 2.75) is 13.5 Å². The Morgan fingerprint density at radius 1 is 1.69 bits per heavy atom. The normalized spacial score (nSPS) is 10.0. The zero-order valence-corrected chi connectivity index (χ0v) is 7.69. The van der Waals surface area contributed by atoms with Gasteiger partial charge in [0.15, 0.2) is 0 Å². The highest BCUT2D eigenvalue weighted by Crippen LogP contribution is 1.97. The van der Waals surface area contributed by atoms with Crippen LogP contribution in [0.15, 0.2) is 12.3 Å². The van der Waals surface area contributed by atoms with Crippen LogP contribution in [0.3, 0.4) is 0 Å². The minimum absolute atomic E-state index is 0.346. The summed E-state index contributed by atoms with van der Waals surface area (Å²) >= 11 is 0. The van der Waals surface area contributed by atoms with Crippen molar-refractivity contribution in [3.8, 4) is 0 Å². The van der Waals surface area contributed by atoms with Gasteiger partial charge in [0.05, 0.1) is 18.9 Å². The monoisotopic (exact) mass is 184 g/mol. The van der Waals surface area contributed by atoms with Crippen LogP contribution in [0.25, 0.3) is 0 Å². The predicted octanol–water partition coefficient (Wildman–Crippen LogP) is 1.03. The van der Waals surface area contributed by atoms with Gasteiger partial charge in [0.25, 0.3) is 0 Å². The number of carbonyl (C=O) groups excluding carboxylic acids is 1. The lowest BCUT2D eigenvalue weighted by Gasteiger charge is -1.99. The van der Waals surface area contributed by atoms with Gasteiger partial charge in [0.1, 0.15) is 0 Å². The molecular weight excluding hydrogens is 172 g/mol. The fraction of sp³-hybridized carbons (Fsp3) is 0.500. The van der Waals surface area contributed by atoms with Gasteiger partial charge >= 0.3 is 6.09 Å². The number of aromatic nitrogens is 2. The second-order valence-corrected chi connectivity index (χ2v) is 2.38. The van der Waals surface area contributed by atoms with Gasteiger partial charge in [0, 0.05) is 13.3 Å². The summed E-state index contributed by atoms with van der Waals surface area (Å²) in [5.41, 5.74) is 0.704. The molecule has 0 aliphatic heterocycles. The second kappa shape index (κ2) is 4.61. The molecular formula is C8H12N2O3. The van der Waals surface area contributed by atoms with Crippen LogP contribution in [0, 0.1) is 0 Å². The summed E-state index contributed by atoms with van der Waals surface area (Å²) in [6.07, 6.45) is 1.08. The molecule has 0 atom stereocenters. The molecule has 0 aliphatic carbocycles. The van der Waals surface area contributed by atoms with Crippen molar-refractivity contribution in [3.63, 3.8) is 0 Å². The first kappa shape index (κ1) is 9.73. The van der Waals surface area contributed by atoms with Crippen molar-refractivity contribution in [3.05, 3.63) is 18.0 Å². The zero-order chi connectivity index (χ0) is 9.68.